The van der Waals surface area contributed by atoms with Crippen LogP contribution in [0, 0.1) is 52.3 Å². The molecule has 4 saturated carbocycles. The molecule has 4 aliphatic carbocycles. The number of ketones is 1. The number of carbonyl (C=O) groups excluding carboxylic acids is 2. The maximum Gasteiger partial charge on any atom is 0.305 e. The van der Waals surface area contributed by atoms with Crippen molar-refractivity contribution in [3.63, 3.8) is 0 Å². The van der Waals surface area contributed by atoms with Crippen LogP contribution >= 0.6 is 0 Å². The Morgan fingerprint density at radius 1 is 0.971 bits per heavy atom. The van der Waals surface area contributed by atoms with Crippen LogP contribution in [0.2, 0.25) is 0 Å². The molecular weight excluding hydrogens is 420 g/mol. The predicted molar refractivity (Wildman–Crippen MR) is 145 cm³/mol. The average Bonchev–Trinajstić information content (AvgIpc) is 3.16. The molecule has 200 valence electrons. The summed E-state index contributed by atoms with van der Waals surface area (Å²) in [7, 11) is 1.49. The van der Waals surface area contributed by atoms with Crippen LogP contribution in [0.5, 0.6) is 0 Å². The third-order valence-corrected chi connectivity index (χ3v) is 10.9. The number of methoxy groups -OCH3 is 1. The summed E-state index contributed by atoms with van der Waals surface area (Å²) in [5.74, 6) is 4.11. The molecule has 0 N–H and O–H groups in total. The summed E-state index contributed by atoms with van der Waals surface area (Å²) in [5.41, 5.74) is 0.649. The largest absolute Gasteiger partial charge is 0.469 e. The topological polar surface area (TPSA) is 43.4 Å². The summed E-state index contributed by atoms with van der Waals surface area (Å²) in [5, 5.41) is 0. The van der Waals surface area contributed by atoms with Gasteiger partial charge in [-0.05, 0) is 91.8 Å². The van der Waals surface area contributed by atoms with Crippen LogP contribution in [-0.2, 0) is 14.3 Å². The van der Waals surface area contributed by atoms with Crippen molar-refractivity contribution >= 4 is 11.8 Å². The van der Waals surface area contributed by atoms with Gasteiger partial charge in [-0.3, -0.25) is 9.59 Å². The lowest BCUT2D eigenvalue weighted by atomic mass is 9.42. The Kier molecular flexibility index (Phi) is 11.4. The Morgan fingerprint density at radius 3 is 2.24 bits per heavy atom. The molecule has 0 heterocycles. The molecule has 0 bridgehead atoms. The maximum absolute atomic E-state index is 13.9. The van der Waals surface area contributed by atoms with Gasteiger partial charge < -0.3 is 4.74 Å². The molecule has 3 heteroatoms. The highest BCUT2D eigenvalue weighted by molar-refractivity contribution is 5.86. The molecule has 0 aromatic heterocycles. The zero-order valence-corrected chi connectivity index (χ0v) is 22.0. The molecule has 7 unspecified atom stereocenters. The van der Waals surface area contributed by atoms with Gasteiger partial charge in [-0.25, -0.2) is 0 Å². The van der Waals surface area contributed by atoms with E-state index in [1.54, 1.807) is 0 Å². The van der Waals surface area contributed by atoms with Gasteiger partial charge in [0.25, 0.3) is 0 Å². The summed E-state index contributed by atoms with van der Waals surface area (Å²) in [6.07, 6.45) is 12.7. The molecule has 4 rings (SSSR count). The van der Waals surface area contributed by atoms with E-state index in [9.17, 15) is 9.59 Å². The molecule has 0 radical (unpaired) electrons. The van der Waals surface area contributed by atoms with E-state index < -0.39 is 0 Å². The summed E-state index contributed by atoms with van der Waals surface area (Å²) in [6.45, 7) is 13.7. The Balaban J connectivity index is 0.00000141. The van der Waals surface area contributed by atoms with Gasteiger partial charge >= 0.3 is 5.97 Å². The molecule has 4 fully saturated rings. The SMILES string of the molecule is C.C.CC.CC[C@H]1C(=O)C2C3CCC([C@H](C)CCC(=O)OC)C3(C)CCC2C2(C)CCCCC12. The number of ether oxygens (including phenoxy) is 1. The quantitative estimate of drug-likeness (QED) is 0.371. The molecule has 0 amide bonds. The van der Waals surface area contributed by atoms with E-state index in [0.29, 0.717) is 59.0 Å². The first-order valence-corrected chi connectivity index (χ1v) is 13.9. The van der Waals surface area contributed by atoms with Crippen LogP contribution in [-0.4, -0.2) is 18.9 Å². The summed E-state index contributed by atoms with van der Waals surface area (Å²) >= 11 is 0. The monoisotopic (exact) mass is 478 g/mol. The third kappa shape index (κ3) is 5.01. The Hall–Kier alpha value is -0.860. The molecule has 4 aliphatic rings. The van der Waals surface area contributed by atoms with Crippen LogP contribution < -0.4 is 0 Å². The first-order chi connectivity index (χ1) is 15.3. The van der Waals surface area contributed by atoms with Gasteiger partial charge in [0.2, 0.25) is 0 Å². The fraction of sp³-hybridized carbons (Fsp3) is 0.935. The van der Waals surface area contributed by atoms with Crippen LogP contribution in [0.25, 0.3) is 0 Å². The van der Waals surface area contributed by atoms with E-state index in [0.717, 1.165) is 12.8 Å². The zero-order chi connectivity index (χ0) is 23.7. The highest BCUT2D eigenvalue weighted by Gasteiger charge is 2.64. The van der Waals surface area contributed by atoms with E-state index >= 15 is 0 Å². The highest BCUT2D eigenvalue weighted by atomic mass is 16.5. The fourth-order valence-corrected chi connectivity index (χ4v) is 9.34. The molecule has 3 nitrogen and oxygen atoms in total. The van der Waals surface area contributed by atoms with Gasteiger partial charge in [-0.15, -0.1) is 0 Å². The van der Waals surface area contributed by atoms with Crippen LogP contribution in [0.4, 0.5) is 0 Å². The number of hydrogen-bond donors (Lipinski definition) is 0. The van der Waals surface area contributed by atoms with E-state index in [1.807, 2.05) is 13.8 Å². The van der Waals surface area contributed by atoms with Gasteiger partial charge in [0.1, 0.15) is 5.78 Å². The Bertz CT molecular complexity index is 672. The normalized spacial score (nSPS) is 41.2. The van der Waals surface area contributed by atoms with E-state index in [2.05, 4.69) is 27.7 Å². The minimum absolute atomic E-state index is 0. The van der Waals surface area contributed by atoms with Gasteiger partial charge in [0, 0.05) is 18.3 Å². The maximum atomic E-state index is 13.9. The second kappa shape index (κ2) is 12.4. The summed E-state index contributed by atoms with van der Waals surface area (Å²) in [4.78, 5) is 25.6. The molecule has 0 aromatic carbocycles. The molecule has 0 saturated heterocycles. The molecule has 0 spiro atoms. The number of hydrogen-bond acceptors (Lipinski definition) is 3. The number of Topliss-reactive ketones (excluding diaryl/α,β-unsaturated/α-hetero) is 1. The van der Waals surface area contributed by atoms with E-state index in [1.165, 1.54) is 58.5 Å². The van der Waals surface area contributed by atoms with Crippen LogP contribution in [0.15, 0.2) is 0 Å². The molecule has 0 aromatic rings. The second-order valence-electron chi connectivity index (χ2n) is 11.8. The Labute approximate surface area is 212 Å². The molecule has 9 atom stereocenters. The predicted octanol–water partition coefficient (Wildman–Crippen LogP) is 8.74. The van der Waals surface area contributed by atoms with Crippen molar-refractivity contribution in [2.24, 2.45) is 52.3 Å². The van der Waals surface area contributed by atoms with E-state index in [4.69, 9.17) is 4.74 Å². The van der Waals surface area contributed by atoms with Crippen molar-refractivity contribution < 1.29 is 14.3 Å². The number of rotatable bonds is 5. The lowest BCUT2D eigenvalue weighted by Gasteiger charge is -2.62. The molecule has 0 aliphatic heterocycles. The van der Waals surface area contributed by atoms with Crippen molar-refractivity contribution in [1.29, 1.82) is 0 Å². The average molecular weight is 479 g/mol. The first-order valence-electron chi connectivity index (χ1n) is 13.9. The molecule has 34 heavy (non-hydrogen) atoms. The van der Waals surface area contributed by atoms with Crippen molar-refractivity contribution in [3.05, 3.63) is 0 Å². The summed E-state index contributed by atoms with van der Waals surface area (Å²) in [6, 6.07) is 0. The van der Waals surface area contributed by atoms with Crippen LogP contribution in [0.3, 0.4) is 0 Å². The third-order valence-electron chi connectivity index (χ3n) is 10.9. The first kappa shape index (κ1) is 31.2. The lowest BCUT2D eigenvalue weighted by molar-refractivity contribution is -0.168. The smallest absolute Gasteiger partial charge is 0.305 e. The van der Waals surface area contributed by atoms with Gasteiger partial charge in [-0.2, -0.15) is 0 Å². The number of carbonyl (C=O) groups is 2. The lowest BCUT2D eigenvalue weighted by Crippen LogP contribution is -2.59. The highest BCUT2D eigenvalue weighted by Crippen LogP contribution is 2.68. The van der Waals surface area contributed by atoms with Gasteiger partial charge in [0.15, 0.2) is 0 Å². The van der Waals surface area contributed by atoms with E-state index in [-0.39, 0.29) is 26.2 Å². The van der Waals surface area contributed by atoms with Crippen molar-refractivity contribution in [2.45, 2.75) is 127 Å². The van der Waals surface area contributed by atoms with Crippen LogP contribution in [0.1, 0.15) is 127 Å². The number of fused-ring (bicyclic) bond motifs is 5. The standard InChI is InChI=1S/C27H44O3.C2H6.2CH4/c1-6-18-20-9-7-8-15-26(20,3)22-14-16-27(4)19(17(2)10-13-23(28)30-5)11-12-21(27)24(22)25(18)29;1-2;;/h17-22,24H,6-16H2,1-5H3;1-2H3;2*1H4/t17-,18-,19?,20?,21?,22?,24?,26?,27?;;;/m1.../s1. The minimum Gasteiger partial charge on any atom is -0.469 e. The summed E-state index contributed by atoms with van der Waals surface area (Å²) < 4.78 is 4.88. The fourth-order valence-electron chi connectivity index (χ4n) is 9.34. The second-order valence-corrected chi connectivity index (χ2v) is 11.8. The zero-order valence-electron chi connectivity index (χ0n) is 22.0. The Morgan fingerprint density at radius 2 is 1.62 bits per heavy atom. The van der Waals surface area contributed by atoms with Crippen molar-refractivity contribution in [3.8, 4) is 0 Å². The minimum atomic E-state index is -0.0882. The molecular formula is C31H58O3. The van der Waals surface area contributed by atoms with Gasteiger partial charge in [-0.1, -0.05) is 69.2 Å². The van der Waals surface area contributed by atoms with Crippen molar-refractivity contribution in [1.82, 2.24) is 0 Å². The van der Waals surface area contributed by atoms with Crippen molar-refractivity contribution in [2.75, 3.05) is 7.11 Å². The van der Waals surface area contributed by atoms with Gasteiger partial charge in [0.05, 0.1) is 7.11 Å². The number of esters is 1.